The molecule has 1 aromatic carbocycles. The molecule has 1 aliphatic rings. The summed E-state index contributed by atoms with van der Waals surface area (Å²) in [5, 5.41) is 3.54. The first-order valence-corrected chi connectivity index (χ1v) is 8.42. The minimum absolute atomic E-state index is 0.0310. The standard InChI is InChI=1S/C17H26N4OS/c1-17(2,3)18-16(23)20-19-15(22)14-10-7-11-21(14)12-13-8-5-4-6-9-13/h4-6,8-9,14H,7,10-12H2,1-3H3,(H,19,22)(H2,18,20,23)/t14-/m0/s1. The lowest BCUT2D eigenvalue weighted by molar-refractivity contribution is -0.126. The number of benzene rings is 1. The molecule has 0 unspecified atom stereocenters. The van der Waals surface area contributed by atoms with E-state index in [0.717, 1.165) is 25.9 Å². The molecule has 0 bridgehead atoms. The molecule has 0 radical (unpaired) electrons. The van der Waals surface area contributed by atoms with Gasteiger partial charge in [0, 0.05) is 12.1 Å². The van der Waals surface area contributed by atoms with Gasteiger partial charge in [-0.25, -0.2) is 0 Å². The van der Waals surface area contributed by atoms with Gasteiger partial charge in [-0.15, -0.1) is 0 Å². The third-order valence-corrected chi connectivity index (χ3v) is 3.89. The number of likely N-dealkylation sites (tertiary alicyclic amines) is 1. The molecule has 3 N–H and O–H groups in total. The van der Waals surface area contributed by atoms with Crippen molar-refractivity contribution in [2.24, 2.45) is 0 Å². The predicted molar refractivity (Wildman–Crippen MR) is 96.6 cm³/mol. The number of hydrazine groups is 1. The fourth-order valence-electron chi connectivity index (χ4n) is 2.70. The number of amides is 1. The fourth-order valence-corrected chi connectivity index (χ4v) is 3.06. The predicted octanol–water partition coefficient (Wildman–Crippen LogP) is 1.94. The van der Waals surface area contributed by atoms with E-state index in [-0.39, 0.29) is 17.5 Å². The summed E-state index contributed by atoms with van der Waals surface area (Å²) in [4.78, 5) is 14.6. The van der Waals surface area contributed by atoms with Crippen LogP contribution in [-0.2, 0) is 11.3 Å². The van der Waals surface area contributed by atoms with Crippen LogP contribution >= 0.6 is 12.2 Å². The maximum atomic E-state index is 12.4. The zero-order valence-corrected chi connectivity index (χ0v) is 14.9. The van der Waals surface area contributed by atoms with Crippen LogP contribution < -0.4 is 16.2 Å². The van der Waals surface area contributed by atoms with Crippen LogP contribution in [-0.4, -0.2) is 34.0 Å². The van der Waals surface area contributed by atoms with Crippen LogP contribution in [0.2, 0.25) is 0 Å². The molecule has 0 spiro atoms. The normalized spacial score (nSPS) is 18.5. The molecule has 1 fully saturated rings. The van der Waals surface area contributed by atoms with E-state index in [9.17, 15) is 4.79 Å². The third-order valence-electron chi connectivity index (χ3n) is 3.68. The summed E-state index contributed by atoms with van der Waals surface area (Å²) in [7, 11) is 0. The number of hydrogen-bond acceptors (Lipinski definition) is 3. The van der Waals surface area contributed by atoms with Crippen LogP contribution in [0.1, 0.15) is 39.2 Å². The second kappa shape index (κ2) is 7.75. The van der Waals surface area contributed by atoms with E-state index in [1.54, 1.807) is 0 Å². The number of thiocarbonyl (C=S) groups is 1. The quantitative estimate of drug-likeness (QED) is 0.583. The number of hydrogen-bond donors (Lipinski definition) is 3. The number of carbonyl (C=O) groups excluding carboxylic acids is 1. The Kier molecular flexibility index (Phi) is 5.96. The SMILES string of the molecule is CC(C)(C)NC(=S)NNC(=O)[C@@H]1CCCN1Cc1ccccc1. The Morgan fingerprint density at radius 3 is 2.61 bits per heavy atom. The second-order valence-corrected chi connectivity index (χ2v) is 7.34. The highest BCUT2D eigenvalue weighted by atomic mass is 32.1. The second-order valence-electron chi connectivity index (χ2n) is 6.93. The largest absolute Gasteiger partial charge is 0.357 e. The maximum absolute atomic E-state index is 12.4. The van der Waals surface area contributed by atoms with Crippen molar-refractivity contribution in [1.82, 2.24) is 21.1 Å². The van der Waals surface area contributed by atoms with Gasteiger partial charge in [0.2, 0.25) is 0 Å². The van der Waals surface area contributed by atoms with E-state index in [1.165, 1.54) is 5.56 Å². The van der Waals surface area contributed by atoms with Crippen LogP contribution in [0.15, 0.2) is 30.3 Å². The van der Waals surface area contributed by atoms with E-state index >= 15 is 0 Å². The molecule has 2 rings (SSSR count). The highest BCUT2D eigenvalue weighted by Gasteiger charge is 2.30. The molecule has 0 saturated carbocycles. The molecule has 0 aliphatic carbocycles. The molecule has 6 heteroatoms. The van der Waals surface area contributed by atoms with E-state index in [2.05, 4.69) is 33.2 Å². The van der Waals surface area contributed by atoms with Gasteiger partial charge in [-0.1, -0.05) is 30.3 Å². The minimum atomic E-state index is -0.137. The number of nitrogens with zero attached hydrogens (tertiary/aromatic N) is 1. The lowest BCUT2D eigenvalue weighted by Gasteiger charge is -2.26. The van der Waals surface area contributed by atoms with E-state index < -0.39 is 0 Å². The molecule has 1 atom stereocenters. The van der Waals surface area contributed by atoms with Gasteiger partial charge in [0.1, 0.15) is 0 Å². The Labute approximate surface area is 143 Å². The van der Waals surface area contributed by atoms with Crippen LogP contribution in [0.3, 0.4) is 0 Å². The topological polar surface area (TPSA) is 56.4 Å². The van der Waals surface area contributed by atoms with E-state index in [1.807, 2.05) is 39.0 Å². The van der Waals surface area contributed by atoms with Crippen molar-refractivity contribution < 1.29 is 4.79 Å². The van der Waals surface area contributed by atoms with Crippen LogP contribution in [0.4, 0.5) is 0 Å². The van der Waals surface area contributed by atoms with E-state index in [4.69, 9.17) is 12.2 Å². The monoisotopic (exact) mass is 334 g/mol. The molecule has 1 aromatic rings. The van der Waals surface area contributed by atoms with Crippen molar-refractivity contribution in [3.63, 3.8) is 0 Å². The van der Waals surface area contributed by atoms with Gasteiger partial charge in [0.05, 0.1) is 6.04 Å². The average molecular weight is 334 g/mol. The molecule has 1 aliphatic heterocycles. The van der Waals surface area contributed by atoms with Gasteiger partial charge in [-0.2, -0.15) is 0 Å². The molecule has 0 aromatic heterocycles. The lowest BCUT2D eigenvalue weighted by atomic mass is 10.1. The molecule has 1 heterocycles. The summed E-state index contributed by atoms with van der Waals surface area (Å²) in [5.74, 6) is -0.0310. The van der Waals surface area contributed by atoms with Crippen LogP contribution in [0.5, 0.6) is 0 Å². The summed E-state index contributed by atoms with van der Waals surface area (Å²) >= 11 is 5.18. The number of nitrogens with one attached hydrogen (secondary N) is 3. The Morgan fingerprint density at radius 1 is 1.26 bits per heavy atom. The van der Waals surface area contributed by atoms with E-state index in [0.29, 0.717) is 5.11 Å². The molecule has 5 nitrogen and oxygen atoms in total. The minimum Gasteiger partial charge on any atom is -0.357 e. The number of rotatable bonds is 3. The highest BCUT2D eigenvalue weighted by molar-refractivity contribution is 7.80. The lowest BCUT2D eigenvalue weighted by Crippen LogP contribution is -2.55. The molecule has 126 valence electrons. The zero-order valence-electron chi connectivity index (χ0n) is 14.1. The summed E-state index contributed by atoms with van der Waals surface area (Å²) < 4.78 is 0. The molecule has 1 saturated heterocycles. The molecule has 23 heavy (non-hydrogen) atoms. The van der Waals surface area contributed by atoms with Gasteiger partial charge in [0.25, 0.3) is 5.91 Å². The van der Waals surface area contributed by atoms with Crippen LogP contribution in [0, 0.1) is 0 Å². The molecular formula is C17H26N4OS. The van der Waals surface area contributed by atoms with Gasteiger partial charge in [0.15, 0.2) is 5.11 Å². The first-order valence-electron chi connectivity index (χ1n) is 8.01. The van der Waals surface area contributed by atoms with Gasteiger partial charge in [-0.3, -0.25) is 20.5 Å². The fraction of sp³-hybridized carbons (Fsp3) is 0.529. The van der Waals surface area contributed by atoms with Crippen molar-refractivity contribution in [3.8, 4) is 0 Å². The first-order chi connectivity index (χ1) is 10.8. The maximum Gasteiger partial charge on any atom is 0.255 e. The highest BCUT2D eigenvalue weighted by Crippen LogP contribution is 2.20. The Bertz CT molecular complexity index is 541. The summed E-state index contributed by atoms with van der Waals surface area (Å²) in [6.07, 6.45) is 1.91. The summed E-state index contributed by atoms with van der Waals surface area (Å²) in [5.41, 5.74) is 6.61. The van der Waals surface area contributed by atoms with Crippen LogP contribution in [0.25, 0.3) is 0 Å². The molecule has 1 amide bonds. The number of carbonyl (C=O) groups is 1. The zero-order chi connectivity index (χ0) is 16.9. The van der Waals surface area contributed by atoms with Crippen molar-refractivity contribution in [2.75, 3.05) is 6.54 Å². The van der Waals surface area contributed by atoms with Gasteiger partial charge >= 0.3 is 0 Å². The Morgan fingerprint density at radius 2 is 1.96 bits per heavy atom. The summed E-state index contributed by atoms with van der Waals surface area (Å²) in [6.45, 7) is 7.78. The smallest absolute Gasteiger partial charge is 0.255 e. The van der Waals surface area contributed by atoms with Gasteiger partial charge in [-0.05, 0) is 57.9 Å². The molecular weight excluding hydrogens is 308 g/mol. The van der Waals surface area contributed by atoms with Crippen molar-refractivity contribution in [2.45, 2.75) is 51.7 Å². The van der Waals surface area contributed by atoms with Gasteiger partial charge < -0.3 is 5.32 Å². The first kappa shape index (κ1) is 17.7. The summed E-state index contributed by atoms with van der Waals surface area (Å²) in [6, 6.07) is 10.1. The average Bonchev–Trinajstić information content (AvgIpc) is 2.92. The Hall–Kier alpha value is -1.66. The third kappa shape index (κ3) is 5.80. The van der Waals surface area contributed by atoms with Crippen molar-refractivity contribution in [1.29, 1.82) is 0 Å². The van der Waals surface area contributed by atoms with Crippen molar-refractivity contribution >= 4 is 23.2 Å². The Balaban J connectivity index is 1.84. The van der Waals surface area contributed by atoms with Crippen molar-refractivity contribution in [3.05, 3.63) is 35.9 Å².